The summed E-state index contributed by atoms with van der Waals surface area (Å²) in [6.45, 7) is 5.80. The normalized spacial score (nSPS) is 25.7. The first kappa shape index (κ1) is 13.8. The van der Waals surface area contributed by atoms with Crippen LogP contribution in [0, 0.1) is 5.41 Å². The Morgan fingerprint density at radius 3 is 2.94 bits per heavy atom. The Labute approximate surface area is 117 Å². The molecule has 5 heteroatoms. The highest BCUT2D eigenvalue weighted by atomic mass is 35.5. The van der Waals surface area contributed by atoms with E-state index in [1.165, 1.54) is 11.3 Å². The van der Waals surface area contributed by atoms with E-state index < -0.39 is 0 Å². The molecule has 1 aliphatic rings. The summed E-state index contributed by atoms with van der Waals surface area (Å²) in [6.07, 6.45) is 2.01. The molecule has 18 heavy (non-hydrogen) atoms. The Hall–Kier alpha value is -0.580. The lowest BCUT2D eigenvalue weighted by Crippen LogP contribution is -2.49. The van der Waals surface area contributed by atoms with Gasteiger partial charge in [-0.05, 0) is 45.4 Å². The van der Waals surface area contributed by atoms with Gasteiger partial charge in [-0.15, -0.1) is 11.3 Å². The molecule has 0 saturated carbocycles. The van der Waals surface area contributed by atoms with Crippen LogP contribution in [0.15, 0.2) is 12.1 Å². The number of thiophene rings is 1. The van der Waals surface area contributed by atoms with E-state index in [4.69, 9.17) is 11.6 Å². The molecule has 0 bridgehead atoms. The number of halogens is 1. The maximum Gasteiger partial charge on any atom is 0.227 e. The van der Waals surface area contributed by atoms with Crippen LogP contribution < -0.4 is 10.6 Å². The second-order valence-electron chi connectivity index (χ2n) is 5.18. The van der Waals surface area contributed by atoms with Crippen LogP contribution in [0.1, 0.15) is 37.6 Å². The summed E-state index contributed by atoms with van der Waals surface area (Å²) < 4.78 is 0.761. The molecule has 0 spiro atoms. The van der Waals surface area contributed by atoms with Crippen molar-refractivity contribution in [2.45, 2.75) is 32.7 Å². The smallest absolute Gasteiger partial charge is 0.227 e. The number of carbonyl (C=O) groups excluding carboxylic acids is 1. The maximum atomic E-state index is 12.3. The van der Waals surface area contributed by atoms with Gasteiger partial charge in [0.05, 0.1) is 15.8 Å². The minimum Gasteiger partial charge on any atom is -0.348 e. The molecular weight excluding hydrogens is 268 g/mol. The highest BCUT2D eigenvalue weighted by molar-refractivity contribution is 7.16. The molecule has 0 radical (unpaired) electrons. The SMILES string of the molecule is CC(NC(=O)C1(C)CCCNC1)c1ccc(Cl)s1. The molecular formula is C13H19ClN2OS. The summed E-state index contributed by atoms with van der Waals surface area (Å²) in [6, 6.07) is 3.86. The highest BCUT2D eigenvalue weighted by Crippen LogP contribution is 2.29. The van der Waals surface area contributed by atoms with Crippen molar-refractivity contribution in [3.8, 4) is 0 Å². The molecule has 1 aliphatic heterocycles. The van der Waals surface area contributed by atoms with Crippen LogP contribution in [-0.4, -0.2) is 19.0 Å². The zero-order chi connectivity index (χ0) is 13.2. The Kier molecular flexibility index (Phi) is 4.30. The first-order chi connectivity index (χ1) is 8.51. The lowest BCUT2D eigenvalue weighted by molar-refractivity contribution is -0.131. The molecule has 0 aromatic carbocycles. The first-order valence-corrected chi connectivity index (χ1v) is 7.48. The highest BCUT2D eigenvalue weighted by Gasteiger charge is 2.35. The maximum absolute atomic E-state index is 12.3. The van der Waals surface area contributed by atoms with E-state index in [9.17, 15) is 4.79 Å². The van der Waals surface area contributed by atoms with E-state index in [0.717, 1.165) is 35.1 Å². The molecule has 1 aromatic rings. The molecule has 1 fully saturated rings. The van der Waals surface area contributed by atoms with E-state index in [1.54, 1.807) is 0 Å². The molecule has 1 amide bonds. The molecule has 0 aliphatic carbocycles. The van der Waals surface area contributed by atoms with Crippen molar-refractivity contribution in [2.24, 2.45) is 5.41 Å². The fraction of sp³-hybridized carbons (Fsp3) is 0.615. The number of nitrogens with one attached hydrogen (secondary N) is 2. The van der Waals surface area contributed by atoms with Crippen molar-refractivity contribution in [3.63, 3.8) is 0 Å². The van der Waals surface area contributed by atoms with Gasteiger partial charge in [0.1, 0.15) is 0 Å². The number of hydrogen-bond acceptors (Lipinski definition) is 3. The van der Waals surface area contributed by atoms with Crippen molar-refractivity contribution in [1.29, 1.82) is 0 Å². The van der Waals surface area contributed by atoms with Crippen molar-refractivity contribution < 1.29 is 4.79 Å². The molecule has 100 valence electrons. The molecule has 1 aromatic heterocycles. The van der Waals surface area contributed by atoms with Crippen LogP contribution in [-0.2, 0) is 4.79 Å². The number of amides is 1. The van der Waals surface area contributed by atoms with E-state index in [2.05, 4.69) is 10.6 Å². The fourth-order valence-corrected chi connectivity index (χ4v) is 3.32. The lowest BCUT2D eigenvalue weighted by Gasteiger charge is -2.33. The number of hydrogen-bond donors (Lipinski definition) is 2. The number of piperidine rings is 1. The third-order valence-electron chi connectivity index (χ3n) is 3.51. The molecule has 2 atom stereocenters. The number of rotatable bonds is 3. The molecule has 1 saturated heterocycles. The summed E-state index contributed by atoms with van der Waals surface area (Å²) in [4.78, 5) is 13.4. The van der Waals surface area contributed by atoms with Gasteiger partial charge in [0.25, 0.3) is 0 Å². The van der Waals surface area contributed by atoms with Crippen LogP contribution in [0.5, 0.6) is 0 Å². The predicted octanol–water partition coefficient (Wildman–Crippen LogP) is 2.97. The van der Waals surface area contributed by atoms with E-state index in [0.29, 0.717) is 0 Å². The van der Waals surface area contributed by atoms with Crippen LogP contribution in [0.3, 0.4) is 0 Å². The Balaban J connectivity index is 1.98. The van der Waals surface area contributed by atoms with Crippen molar-refractivity contribution in [3.05, 3.63) is 21.3 Å². The predicted molar refractivity (Wildman–Crippen MR) is 76.1 cm³/mol. The van der Waals surface area contributed by atoms with Gasteiger partial charge >= 0.3 is 0 Å². The molecule has 2 rings (SSSR count). The molecule has 2 heterocycles. The largest absolute Gasteiger partial charge is 0.348 e. The summed E-state index contributed by atoms with van der Waals surface area (Å²) in [5.74, 6) is 0.131. The molecule has 2 N–H and O–H groups in total. The minimum atomic E-state index is -0.284. The minimum absolute atomic E-state index is 0.0220. The van der Waals surface area contributed by atoms with E-state index >= 15 is 0 Å². The van der Waals surface area contributed by atoms with Crippen molar-refractivity contribution in [1.82, 2.24) is 10.6 Å². The fourth-order valence-electron chi connectivity index (χ4n) is 2.25. The van der Waals surface area contributed by atoms with Gasteiger partial charge < -0.3 is 10.6 Å². The second kappa shape index (κ2) is 5.59. The summed E-state index contributed by atoms with van der Waals surface area (Å²) >= 11 is 7.43. The van der Waals surface area contributed by atoms with Crippen molar-refractivity contribution >= 4 is 28.8 Å². The summed E-state index contributed by atoms with van der Waals surface area (Å²) in [5.41, 5.74) is -0.284. The van der Waals surface area contributed by atoms with Gasteiger partial charge in [-0.2, -0.15) is 0 Å². The quantitative estimate of drug-likeness (QED) is 0.897. The second-order valence-corrected chi connectivity index (χ2v) is 6.92. The third-order valence-corrected chi connectivity index (χ3v) is 4.93. The Morgan fingerprint density at radius 2 is 2.39 bits per heavy atom. The lowest BCUT2D eigenvalue weighted by atomic mass is 9.81. The van der Waals surface area contributed by atoms with Crippen LogP contribution in [0.25, 0.3) is 0 Å². The van der Waals surface area contributed by atoms with Gasteiger partial charge in [0.15, 0.2) is 0 Å². The molecule has 2 unspecified atom stereocenters. The Morgan fingerprint density at radius 1 is 1.61 bits per heavy atom. The first-order valence-electron chi connectivity index (χ1n) is 6.28. The third kappa shape index (κ3) is 3.05. The van der Waals surface area contributed by atoms with Gasteiger partial charge in [-0.3, -0.25) is 4.79 Å². The van der Waals surface area contributed by atoms with Crippen molar-refractivity contribution in [2.75, 3.05) is 13.1 Å². The van der Waals surface area contributed by atoms with Gasteiger partial charge in [0, 0.05) is 11.4 Å². The average molecular weight is 287 g/mol. The monoisotopic (exact) mass is 286 g/mol. The standard InChI is InChI=1S/C13H19ClN2OS/c1-9(10-4-5-11(14)18-10)16-12(17)13(2)6-3-7-15-8-13/h4-5,9,15H,3,6-8H2,1-2H3,(H,16,17). The topological polar surface area (TPSA) is 41.1 Å². The van der Waals surface area contributed by atoms with Gasteiger partial charge in [-0.25, -0.2) is 0 Å². The number of carbonyl (C=O) groups is 1. The summed E-state index contributed by atoms with van der Waals surface area (Å²) in [5, 5.41) is 6.39. The van der Waals surface area contributed by atoms with E-state index in [-0.39, 0.29) is 17.4 Å². The average Bonchev–Trinajstić information content (AvgIpc) is 2.77. The van der Waals surface area contributed by atoms with Crippen LogP contribution >= 0.6 is 22.9 Å². The van der Waals surface area contributed by atoms with E-state index in [1.807, 2.05) is 26.0 Å². The zero-order valence-electron chi connectivity index (χ0n) is 10.8. The Bertz CT molecular complexity index is 426. The van der Waals surface area contributed by atoms with Crippen LogP contribution in [0.4, 0.5) is 0 Å². The molecule has 3 nitrogen and oxygen atoms in total. The van der Waals surface area contributed by atoms with Gasteiger partial charge in [-0.1, -0.05) is 11.6 Å². The van der Waals surface area contributed by atoms with Crippen LogP contribution in [0.2, 0.25) is 4.34 Å². The van der Waals surface area contributed by atoms with Gasteiger partial charge in [0.2, 0.25) is 5.91 Å². The zero-order valence-corrected chi connectivity index (χ0v) is 12.3. The summed E-state index contributed by atoms with van der Waals surface area (Å²) in [7, 11) is 0.